The smallest absolute Gasteiger partial charge is 0.203 e. The highest BCUT2D eigenvalue weighted by molar-refractivity contribution is 7.80. The summed E-state index contributed by atoms with van der Waals surface area (Å²) >= 11 is 5.43. The lowest BCUT2D eigenvalue weighted by Gasteiger charge is -2.15. The Balaban J connectivity index is 1.49. The molecule has 2 aromatic carbocycles. The first kappa shape index (κ1) is 24.0. The number of aromatic nitrogens is 3. The first-order valence-electron chi connectivity index (χ1n) is 10.8. The van der Waals surface area contributed by atoms with Crippen LogP contribution in [0.15, 0.2) is 54.7 Å². The lowest BCUT2D eigenvalue weighted by Crippen LogP contribution is -2.28. The molecule has 0 amide bonds. The van der Waals surface area contributed by atoms with E-state index in [1.54, 1.807) is 39.7 Å². The van der Waals surface area contributed by atoms with Gasteiger partial charge < -0.3 is 30.2 Å². The summed E-state index contributed by atoms with van der Waals surface area (Å²) in [7, 11) is 4.69. The number of hydrogen-bond donors (Lipinski definition) is 3. The van der Waals surface area contributed by atoms with E-state index < -0.39 is 0 Å². The predicted molar refractivity (Wildman–Crippen MR) is 141 cm³/mol. The van der Waals surface area contributed by atoms with Gasteiger partial charge in [-0.15, -0.1) is 0 Å². The Labute approximate surface area is 208 Å². The van der Waals surface area contributed by atoms with Crippen LogP contribution >= 0.6 is 12.2 Å². The molecule has 0 fully saturated rings. The van der Waals surface area contributed by atoms with E-state index >= 15 is 0 Å². The van der Waals surface area contributed by atoms with E-state index in [2.05, 4.69) is 56.0 Å². The Bertz CT molecular complexity index is 1340. The lowest BCUT2D eigenvalue weighted by atomic mass is 10.1. The van der Waals surface area contributed by atoms with Gasteiger partial charge in [0.15, 0.2) is 28.1 Å². The van der Waals surface area contributed by atoms with Crippen LogP contribution in [0.3, 0.4) is 0 Å². The Morgan fingerprint density at radius 2 is 1.66 bits per heavy atom. The van der Waals surface area contributed by atoms with Gasteiger partial charge in [-0.05, 0) is 36.8 Å². The van der Waals surface area contributed by atoms with Crippen LogP contribution in [0.5, 0.6) is 17.2 Å². The molecule has 0 saturated carbocycles. The Kier molecular flexibility index (Phi) is 7.41. The van der Waals surface area contributed by atoms with Gasteiger partial charge in [-0.25, -0.2) is 15.0 Å². The molecule has 0 aliphatic carbocycles. The molecule has 0 bridgehead atoms. The molecule has 0 spiro atoms. The number of aryl methyl sites for hydroxylation is 1. The molecule has 2 aromatic heterocycles. The molecule has 35 heavy (non-hydrogen) atoms. The number of thiocarbonyl (C=S) groups is 1. The topological polar surface area (TPSA) is 102 Å². The van der Waals surface area contributed by atoms with Gasteiger partial charge in [0.2, 0.25) is 5.75 Å². The SMILES string of the molecule is COc1cc(Nc2cnc3ccc(NC(=S)NCc4cccc(C)c4)nc3n2)cc(OC)c1OC. The summed E-state index contributed by atoms with van der Waals surface area (Å²) in [4.78, 5) is 13.6. The lowest BCUT2D eigenvalue weighted by molar-refractivity contribution is 0.324. The third-order valence-corrected chi connectivity index (χ3v) is 5.37. The number of rotatable bonds is 8. The van der Waals surface area contributed by atoms with Crippen molar-refractivity contribution in [1.82, 2.24) is 20.3 Å². The zero-order valence-electron chi connectivity index (χ0n) is 19.9. The fourth-order valence-electron chi connectivity index (χ4n) is 3.49. The molecule has 3 N–H and O–H groups in total. The van der Waals surface area contributed by atoms with Crippen molar-refractivity contribution in [3.05, 3.63) is 65.9 Å². The fraction of sp³-hybridized carbons (Fsp3) is 0.200. The van der Waals surface area contributed by atoms with Crippen LogP contribution in [0.1, 0.15) is 11.1 Å². The van der Waals surface area contributed by atoms with Gasteiger partial charge in [-0.2, -0.15) is 0 Å². The predicted octanol–water partition coefficient (Wildman–Crippen LogP) is 4.59. The third kappa shape index (κ3) is 5.85. The second-order valence-corrected chi connectivity index (χ2v) is 8.04. The summed E-state index contributed by atoms with van der Waals surface area (Å²) < 4.78 is 16.2. The number of fused-ring (bicyclic) bond motifs is 1. The molecule has 0 aliphatic rings. The average Bonchev–Trinajstić information content (AvgIpc) is 2.86. The van der Waals surface area contributed by atoms with Crippen molar-refractivity contribution in [3.8, 4) is 17.2 Å². The van der Waals surface area contributed by atoms with Crippen molar-refractivity contribution in [2.45, 2.75) is 13.5 Å². The van der Waals surface area contributed by atoms with Crippen LogP contribution in [-0.2, 0) is 6.54 Å². The summed E-state index contributed by atoms with van der Waals surface area (Å²) in [5, 5.41) is 9.98. The molecule has 0 saturated heterocycles. The molecule has 4 rings (SSSR count). The molecule has 9 nitrogen and oxygen atoms in total. The molecule has 0 unspecified atom stereocenters. The number of nitrogens with one attached hydrogen (secondary N) is 3. The Morgan fingerprint density at radius 3 is 2.34 bits per heavy atom. The number of anilines is 3. The van der Waals surface area contributed by atoms with Crippen molar-refractivity contribution < 1.29 is 14.2 Å². The average molecular weight is 491 g/mol. The van der Waals surface area contributed by atoms with Gasteiger partial charge in [0.25, 0.3) is 0 Å². The third-order valence-electron chi connectivity index (χ3n) is 5.12. The van der Waals surface area contributed by atoms with E-state index in [4.69, 9.17) is 26.4 Å². The second kappa shape index (κ2) is 10.8. The summed E-state index contributed by atoms with van der Waals surface area (Å²) in [6.07, 6.45) is 1.63. The maximum atomic E-state index is 5.43. The van der Waals surface area contributed by atoms with E-state index in [-0.39, 0.29) is 0 Å². The number of ether oxygens (including phenoxy) is 3. The van der Waals surface area contributed by atoms with Crippen molar-refractivity contribution in [2.24, 2.45) is 0 Å². The van der Waals surface area contributed by atoms with Crippen LogP contribution in [0.25, 0.3) is 11.2 Å². The monoisotopic (exact) mass is 490 g/mol. The number of methoxy groups -OCH3 is 3. The highest BCUT2D eigenvalue weighted by atomic mass is 32.1. The second-order valence-electron chi connectivity index (χ2n) is 7.63. The molecule has 0 aliphatic heterocycles. The van der Waals surface area contributed by atoms with Crippen LogP contribution in [0, 0.1) is 6.92 Å². The molecular formula is C25H26N6O3S. The summed E-state index contributed by atoms with van der Waals surface area (Å²) in [5.74, 6) is 2.64. The van der Waals surface area contributed by atoms with E-state index in [1.807, 2.05) is 18.2 Å². The number of pyridine rings is 1. The largest absolute Gasteiger partial charge is 0.493 e. The van der Waals surface area contributed by atoms with Gasteiger partial charge in [-0.3, -0.25) is 0 Å². The summed E-state index contributed by atoms with van der Waals surface area (Å²) in [5.41, 5.74) is 4.17. The maximum absolute atomic E-state index is 5.43. The minimum atomic E-state index is 0.467. The normalized spacial score (nSPS) is 10.5. The van der Waals surface area contributed by atoms with Crippen molar-refractivity contribution in [2.75, 3.05) is 32.0 Å². The number of benzene rings is 2. The molecule has 2 heterocycles. The Morgan fingerprint density at radius 1 is 0.914 bits per heavy atom. The number of nitrogens with zero attached hydrogens (tertiary/aromatic N) is 3. The first-order valence-corrected chi connectivity index (χ1v) is 11.2. The fourth-order valence-corrected chi connectivity index (χ4v) is 3.67. The van der Waals surface area contributed by atoms with Gasteiger partial charge in [0.1, 0.15) is 11.3 Å². The van der Waals surface area contributed by atoms with E-state index in [0.717, 1.165) is 5.56 Å². The van der Waals surface area contributed by atoms with Gasteiger partial charge in [0, 0.05) is 24.4 Å². The molecule has 10 heteroatoms. The van der Waals surface area contributed by atoms with Crippen LogP contribution in [0.4, 0.5) is 17.3 Å². The summed E-state index contributed by atoms with van der Waals surface area (Å²) in [6, 6.07) is 15.5. The van der Waals surface area contributed by atoms with E-state index in [0.29, 0.717) is 57.4 Å². The van der Waals surface area contributed by atoms with Gasteiger partial charge in [0.05, 0.1) is 27.5 Å². The zero-order valence-corrected chi connectivity index (χ0v) is 20.7. The van der Waals surface area contributed by atoms with E-state index in [9.17, 15) is 0 Å². The molecule has 0 radical (unpaired) electrons. The molecule has 4 aromatic rings. The minimum Gasteiger partial charge on any atom is -0.493 e. The Hall–Kier alpha value is -4.18. The maximum Gasteiger partial charge on any atom is 0.203 e. The van der Waals surface area contributed by atoms with Crippen molar-refractivity contribution in [1.29, 1.82) is 0 Å². The number of hydrogen-bond acceptors (Lipinski definition) is 8. The van der Waals surface area contributed by atoms with Crippen molar-refractivity contribution >= 4 is 45.8 Å². The molecular weight excluding hydrogens is 464 g/mol. The van der Waals surface area contributed by atoms with Crippen molar-refractivity contribution in [3.63, 3.8) is 0 Å². The summed E-state index contributed by atoms with van der Waals surface area (Å²) in [6.45, 7) is 2.68. The molecule has 0 atom stereocenters. The standard InChI is InChI=1S/C25H26N6O3S/c1-15-6-5-7-16(10-15)13-27-25(35)31-21-9-8-18-24(29-21)30-22(14-26-18)28-17-11-19(32-2)23(34-4)20(12-17)33-3/h5-12,14H,13H2,1-4H3,(H3,27,28,29,30,31,35). The first-order chi connectivity index (χ1) is 17.0. The van der Waals surface area contributed by atoms with Crippen LogP contribution < -0.4 is 30.2 Å². The van der Waals surface area contributed by atoms with Gasteiger partial charge >= 0.3 is 0 Å². The minimum absolute atomic E-state index is 0.467. The van der Waals surface area contributed by atoms with E-state index in [1.165, 1.54) is 5.56 Å². The van der Waals surface area contributed by atoms with Crippen LogP contribution in [0.2, 0.25) is 0 Å². The molecule has 180 valence electrons. The quantitative estimate of drug-likeness (QED) is 0.304. The zero-order chi connectivity index (χ0) is 24.8. The van der Waals surface area contributed by atoms with Gasteiger partial charge in [-0.1, -0.05) is 29.8 Å². The van der Waals surface area contributed by atoms with Crippen LogP contribution in [-0.4, -0.2) is 41.4 Å². The highest BCUT2D eigenvalue weighted by Gasteiger charge is 2.14. The highest BCUT2D eigenvalue weighted by Crippen LogP contribution is 2.40.